The number of hydrogen-bond donors (Lipinski definition) is 1. The SMILES string of the molecule is O=C(CN1CCC2(C1)Cn1c(n[nH]c1=O)CO2)N1CCc2ccccc21. The van der Waals surface area contributed by atoms with Gasteiger partial charge in [0.15, 0.2) is 5.82 Å². The van der Waals surface area contributed by atoms with Gasteiger partial charge in [-0.25, -0.2) is 9.89 Å². The first-order valence-corrected chi connectivity index (χ1v) is 9.02. The number of amides is 1. The number of nitrogens with one attached hydrogen (secondary N) is 1. The minimum absolute atomic E-state index is 0.129. The van der Waals surface area contributed by atoms with Gasteiger partial charge in [0.05, 0.1) is 13.1 Å². The molecule has 26 heavy (non-hydrogen) atoms. The smallest absolute Gasteiger partial charge is 0.343 e. The van der Waals surface area contributed by atoms with Gasteiger partial charge in [0, 0.05) is 25.3 Å². The molecule has 0 aliphatic carbocycles. The van der Waals surface area contributed by atoms with Gasteiger partial charge in [-0.15, -0.1) is 0 Å². The Bertz CT molecular complexity index is 920. The zero-order valence-electron chi connectivity index (χ0n) is 14.5. The lowest BCUT2D eigenvalue weighted by Gasteiger charge is -2.33. The number of fused-ring (bicyclic) bond motifs is 2. The molecule has 3 aliphatic rings. The normalized spacial score (nSPS) is 24.8. The van der Waals surface area contributed by atoms with Gasteiger partial charge in [0.25, 0.3) is 0 Å². The van der Waals surface area contributed by atoms with E-state index in [1.54, 1.807) is 4.57 Å². The molecule has 8 heteroatoms. The molecule has 1 fully saturated rings. The van der Waals surface area contributed by atoms with Crippen LogP contribution >= 0.6 is 0 Å². The maximum Gasteiger partial charge on any atom is 0.343 e. The Balaban J connectivity index is 1.27. The van der Waals surface area contributed by atoms with Gasteiger partial charge in [-0.1, -0.05) is 18.2 Å². The third-order valence-corrected chi connectivity index (χ3v) is 5.73. The molecular formula is C18H21N5O3. The van der Waals surface area contributed by atoms with Gasteiger partial charge >= 0.3 is 5.69 Å². The van der Waals surface area contributed by atoms with E-state index in [9.17, 15) is 9.59 Å². The lowest BCUT2D eigenvalue weighted by molar-refractivity contribution is -0.120. The Hall–Kier alpha value is -2.45. The highest BCUT2D eigenvalue weighted by molar-refractivity contribution is 5.96. The number of H-pyrrole nitrogens is 1. The number of nitrogens with zero attached hydrogens (tertiary/aromatic N) is 4. The summed E-state index contributed by atoms with van der Waals surface area (Å²) in [5.41, 5.74) is 1.69. The number of para-hydroxylation sites is 1. The molecule has 1 amide bonds. The zero-order valence-corrected chi connectivity index (χ0v) is 14.5. The molecule has 1 atom stereocenters. The second kappa shape index (κ2) is 5.78. The number of benzene rings is 1. The second-order valence-electron chi connectivity index (χ2n) is 7.39. The standard InChI is InChI=1S/C18H21N5O3/c24-16(22-7-5-13-3-1-2-4-14(13)22)9-21-8-6-18(11-21)12-23-15(10-26-18)19-20-17(23)25/h1-4H,5-12H2,(H,20,25). The Morgan fingerprint density at radius 2 is 2.15 bits per heavy atom. The minimum atomic E-state index is -0.399. The first-order valence-electron chi connectivity index (χ1n) is 9.02. The molecule has 1 spiro atoms. The molecule has 0 radical (unpaired) electrons. The van der Waals surface area contributed by atoms with E-state index < -0.39 is 5.60 Å². The summed E-state index contributed by atoms with van der Waals surface area (Å²) in [5.74, 6) is 0.771. The number of rotatable bonds is 2. The van der Waals surface area contributed by atoms with Gasteiger partial charge in [-0.3, -0.25) is 14.3 Å². The van der Waals surface area contributed by atoms with Crippen molar-refractivity contribution < 1.29 is 9.53 Å². The van der Waals surface area contributed by atoms with Crippen LogP contribution in [0.1, 0.15) is 17.8 Å². The van der Waals surface area contributed by atoms with Crippen LogP contribution in [0.15, 0.2) is 29.1 Å². The molecule has 1 unspecified atom stereocenters. The third-order valence-electron chi connectivity index (χ3n) is 5.73. The van der Waals surface area contributed by atoms with Crippen LogP contribution in [0.3, 0.4) is 0 Å². The molecule has 1 aromatic heterocycles. The second-order valence-corrected chi connectivity index (χ2v) is 7.39. The summed E-state index contributed by atoms with van der Waals surface area (Å²) < 4.78 is 7.71. The predicted octanol–water partition coefficient (Wildman–Crippen LogP) is 0.135. The topological polar surface area (TPSA) is 83.5 Å². The fraction of sp³-hybridized carbons (Fsp3) is 0.500. The van der Waals surface area contributed by atoms with Crippen molar-refractivity contribution in [3.05, 3.63) is 46.1 Å². The number of likely N-dealkylation sites (tertiary alicyclic amines) is 1. The number of ether oxygens (including phenoxy) is 1. The molecule has 3 aliphatic heterocycles. The molecule has 1 saturated heterocycles. The fourth-order valence-corrected chi connectivity index (χ4v) is 4.36. The van der Waals surface area contributed by atoms with Crippen LogP contribution in [0.25, 0.3) is 0 Å². The van der Waals surface area contributed by atoms with Gasteiger partial charge in [0.2, 0.25) is 5.91 Å². The van der Waals surface area contributed by atoms with Crippen molar-refractivity contribution in [3.63, 3.8) is 0 Å². The summed E-state index contributed by atoms with van der Waals surface area (Å²) >= 11 is 0. The van der Waals surface area contributed by atoms with Crippen LogP contribution in [-0.4, -0.2) is 57.4 Å². The Kier molecular flexibility index (Phi) is 3.51. The predicted molar refractivity (Wildman–Crippen MR) is 93.9 cm³/mol. The summed E-state index contributed by atoms with van der Waals surface area (Å²) in [6.45, 7) is 3.41. The van der Waals surface area contributed by atoms with Gasteiger partial charge in [0.1, 0.15) is 12.2 Å². The monoisotopic (exact) mass is 355 g/mol. The molecule has 4 heterocycles. The molecule has 0 saturated carbocycles. The lowest BCUT2D eigenvalue weighted by Crippen LogP contribution is -2.47. The molecule has 8 nitrogen and oxygen atoms in total. The highest BCUT2D eigenvalue weighted by Gasteiger charge is 2.44. The maximum atomic E-state index is 12.8. The number of anilines is 1. The number of carbonyl (C=O) groups excluding carboxylic acids is 1. The van der Waals surface area contributed by atoms with Gasteiger partial charge in [-0.2, -0.15) is 5.10 Å². The van der Waals surface area contributed by atoms with Crippen molar-refractivity contribution in [2.24, 2.45) is 0 Å². The van der Waals surface area contributed by atoms with Crippen molar-refractivity contribution >= 4 is 11.6 Å². The number of aromatic amines is 1. The average Bonchev–Trinajstić information content (AvgIpc) is 3.34. The molecule has 1 aromatic carbocycles. The molecule has 5 rings (SSSR count). The number of carbonyl (C=O) groups is 1. The van der Waals surface area contributed by atoms with Crippen molar-refractivity contribution in [3.8, 4) is 0 Å². The number of aromatic nitrogens is 3. The molecular weight excluding hydrogens is 334 g/mol. The van der Waals surface area contributed by atoms with Crippen LogP contribution in [0.5, 0.6) is 0 Å². The van der Waals surface area contributed by atoms with Gasteiger partial charge < -0.3 is 9.64 Å². The Morgan fingerprint density at radius 3 is 3.08 bits per heavy atom. The molecule has 2 aromatic rings. The van der Waals surface area contributed by atoms with Crippen molar-refractivity contribution in [2.75, 3.05) is 31.1 Å². The van der Waals surface area contributed by atoms with Crippen molar-refractivity contribution in [1.29, 1.82) is 0 Å². The first-order chi connectivity index (χ1) is 12.6. The van der Waals surface area contributed by atoms with Crippen molar-refractivity contribution in [1.82, 2.24) is 19.7 Å². The summed E-state index contributed by atoms with van der Waals surface area (Å²) in [7, 11) is 0. The van der Waals surface area contributed by atoms with E-state index in [0.29, 0.717) is 32.1 Å². The summed E-state index contributed by atoms with van der Waals surface area (Å²) in [5, 5.41) is 6.46. The first kappa shape index (κ1) is 15.8. The Morgan fingerprint density at radius 1 is 1.27 bits per heavy atom. The largest absolute Gasteiger partial charge is 0.364 e. The zero-order chi connectivity index (χ0) is 17.7. The van der Waals surface area contributed by atoms with E-state index in [4.69, 9.17) is 4.74 Å². The van der Waals surface area contributed by atoms with Crippen LogP contribution in [-0.2, 0) is 29.1 Å². The number of hydrogen-bond acceptors (Lipinski definition) is 5. The third kappa shape index (κ3) is 2.48. The molecule has 136 valence electrons. The summed E-state index contributed by atoms with van der Waals surface area (Å²) in [6.07, 6.45) is 1.73. The Labute approximate surface area is 150 Å². The van der Waals surface area contributed by atoms with E-state index in [0.717, 1.165) is 31.6 Å². The van der Waals surface area contributed by atoms with Gasteiger partial charge in [-0.05, 0) is 24.5 Å². The minimum Gasteiger partial charge on any atom is -0.364 e. The summed E-state index contributed by atoms with van der Waals surface area (Å²) in [6, 6.07) is 8.10. The summed E-state index contributed by atoms with van der Waals surface area (Å²) in [4.78, 5) is 28.7. The maximum absolute atomic E-state index is 12.8. The molecule has 1 N–H and O–H groups in total. The van der Waals surface area contributed by atoms with E-state index in [2.05, 4.69) is 21.2 Å². The van der Waals surface area contributed by atoms with Crippen LogP contribution < -0.4 is 10.6 Å². The van der Waals surface area contributed by atoms with Crippen LogP contribution in [0.2, 0.25) is 0 Å². The average molecular weight is 355 g/mol. The van der Waals surface area contributed by atoms with E-state index >= 15 is 0 Å². The fourth-order valence-electron chi connectivity index (χ4n) is 4.36. The van der Waals surface area contributed by atoms with Crippen LogP contribution in [0, 0.1) is 0 Å². The highest BCUT2D eigenvalue weighted by Crippen LogP contribution is 2.32. The van der Waals surface area contributed by atoms with E-state index in [1.807, 2.05) is 23.1 Å². The van der Waals surface area contributed by atoms with Crippen LogP contribution in [0.4, 0.5) is 5.69 Å². The van der Waals surface area contributed by atoms with E-state index in [1.165, 1.54) is 5.56 Å². The van der Waals surface area contributed by atoms with Crippen molar-refractivity contribution in [2.45, 2.75) is 31.6 Å². The molecule has 0 bridgehead atoms. The quantitative estimate of drug-likeness (QED) is 0.828. The highest BCUT2D eigenvalue weighted by atomic mass is 16.5. The lowest BCUT2D eigenvalue weighted by atomic mass is 10.0. The van der Waals surface area contributed by atoms with E-state index in [-0.39, 0.29) is 11.6 Å².